The smallest absolute Gasteiger partial charge is 0.0666 e. The first-order chi connectivity index (χ1) is 9.06. The van der Waals surface area contributed by atoms with Gasteiger partial charge in [-0.1, -0.05) is 30.4 Å². The predicted molar refractivity (Wildman–Crippen MR) is 85.9 cm³/mol. The van der Waals surface area contributed by atoms with Gasteiger partial charge in [-0.25, -0.2) is 0 Å². The number of thiophene rings is 1. The molecule has 2 rings (SSSR count). The van der Waals surface area contributed by atoms with Gasteiger partial charge in [-0.2, -0.15) is 0 Å². The SMILES string of the molecule is C=C1CC(c2cccs2)=N/C1=C\C(C)=C\C=C(C)C. The Morgan fingerprint density at radius 3 is 2.74 bits per heavy atom. The molecule has 1 aliphatic rings. The summed E-state index contributed by atoms with van der Waals surface area (Å²) in [6.07, 6.45) is 7.22. The lowest BCUT2D eigenvalue weighted by Crippen LogP contribution is -1.91. The maximum absolute atomic E-state index is 4.71. The molecule has 0 amide bonds. The molecule has 1 aliphatic heterocycles. The van der Waals surface area contributed by atoms with Gasteiger partial charge in [0.2, 0.25) is 0 Å². The fourth-order valence-corrected chi connectivity index (χ4v) is 2.55. The van der Waals surface area contributed by atoms with E-state index >= 15 is 0 Å². The summed E-state index contributed by atoms with van der Waals surface area (Å²) in [5, 5.41) is 2.09. The maximum Gasteiger partial charge on any atom is 0.0666 e. The summed E-state index contributed by atoms with van der Waals surface area (Å²) >= 11 is 1.73. The highest BCUT2D eigenvalue weighted by molar-refractivity contribution is 7.12. The van der Waals surface area contributed by atoms with Gasteiger partial charge in [-0.3, -0.25) is 4.99 Å². The summed E-state index contributed by atoms with van der Waals surface area (Å²) in [5.74, 6) is 0. The summed E-state index contributed by atoms with van der Waals surface area (Å²) in [5.41, 5.74) is 5.76. The van der Waals surface area contributed by atoms with Crippen molar-refractivity contribution in [2.24, 2.45) is 4.99 Å². The molecule has 0 fully saturated rings. The van der Waals surface area contributed by atoms with Crippen molar-refractivity contribution in [1.82, 2.24) is 0 Å². The normalized spacial score (nSPS) is 17.8. The minimum atomic E-state index is 0.863. The van der Waals surface area contributed by atoms with Gasteiger partial charge in [0.05, 0.1) is 11.4 Å². The van der Waals surface area contributed by atoms with Crippen LogP contribution in [0.1, 0.15) is 32.1 Å². The Hall–Kier alpha value is -1.67. The van der Waals surface area contributed by atoms with Crippen molar-refractivity contribution < 1.29 is 0 Å². The average molecular weight is 269 g/mol. The molecule has 1 aromatic heterocycles. The van der Waals surface area contributed by atoms with Gasteiger partial charge in [0, 0.05) is 11.3 Å². The quantitative estimate of drug-likeness (QED) is 0.661. The van der Waals surface area contributed by atoms with E-state index in [2.05, 4.69) is 63.1 Å². The van der Waals surface area contributed by atoms with Gasteiger partial charge in [0.25, 0.3) is 0 Å². The van der Waals surface area contributed by atoms with Gasteiger partial charge < -0.3 is 0 Å². The molecule has 1 aromatic rings. The second-order valence-corrected chi connectivity index (χ2v) is 5.95. The van der Waals surface area contributed by atoms with Crippen LogP contribution in [0.5, 0.6) is 0 Å². The fraction of sp³-hybridized carbons (Fsp3) is 0.235. The minimum absolute atomic E-state index is 0.863. The molecular formula is C17H19NS. The van der Waals surface area contributed by atoms with E-state index in [9.17, 15) is 0 Å². The molecule has 1 nitrogen and oxygen atoms in total. The molecule has 0 N–H and O–H groups in total. The molecule has 19 heavy (non-hydrogen) atoms. The summed E-state index contributed by atoms with van der Waals surface area (Å²) in [6.45, 7) is 10.4. The van der Waals surface area contributed by atoms with Crippen LogP contribution >= 0.6 is 11.3 Å². The van der Waals surface area contributed by atoms with Crippen LogP contribution in [0, 0.1) is 0 Å². The van der Waals surface area contributed by atoms with Crippen molar-refractivity contribution >= 4 is 17.0 Å². The third kappa shape index (κ3) is 3.65. The van der Waals surface area contributed by atoms with Crippen molar-refractivity contribution in [1.29, 1.82) is 0 Å². The van der Waals surface area contributed by atoms with Crippen LogP contribution < -0.4 is 0 Å². The van der Waals surface area contributed by atoms with Crippen LogP contribution in [0.2, 0.25) is 0 Å². The van der Waals surface area contributed by atoms with E-state index in [4.69, 9.17) is 4.99 Å². The molecule has 0 aliphatic carbocycles. The van der Waals surface area contributed by atoms with E-state index in [1.165, 1.54) is 16.0 Å². The molecule has 0 atom stereocenters. The Kier molecular flexibility index (Phi) is 4.33. The van der Waals surface area contributed by atoms with Gasteiger partial charge in [-0.05, 0) is 49.4 Å². The van der Waals surface area contributed by atoms with Crippen LogP contribution in [-0.4, -0.2) is 5.71 Å². The standard InChI is InChI=1S/C17H19NS/c1-12(2)7-8-13(3)10-15-14(4)11-16(18-15)17-6-5-9-19-17/h5-10H,4,11H2,1-3H3/b13-8+,15-10-. The summed E-state index contributed by atoms with van der Waals surface area (Å²) in [6, 6.07) is 4.18. The molecule has 2 heterocycles. The lowest BCUT2D eigenvalue weighted by atomic mass is 10.1. The van der Waals surface area contributed by atoms with E-state index < -0.39 is 0 Å². The van der Waals surface area contributed by atoms with Crippen LogP contribution in [0.15, 0.2) is 69.7 Å². The zero-order chi connectivity index (χ0) is 13.8. The first-order valence-corrected chi connectivity index (χ1v) is 7.27. The third-order valence-corrected chi connectivity index (χ3v) is 3.77. The second-order valence-electron chi connectivity index (χ2n) is 5.00. The molecule has 0 aromatic carbocycles. The monoisotopic (exact) mass is 269 g/mol. The van der Waals surface area contributed by atoms with Gasteiger partial charge in [0.1, 0.15) is 0 Å². The maximum atomic E-state index is 4.71. The number of hydrogen-bond donors (Lipinski definition) is 0. The Labute approximate surface area is 119 Å². The second kappa shape index (κ2) is 5.98. The van der Waals surface area contributed by atoms with E-state index in [1.54, 1.807) is 11.3 Å². The van der Waals surface area contributed by atoms with E-state index in [1.807, 2.05) is 0 Å². The van der Waals surface area contributed by atoms with Crippen molar-refractivity contribution in [3.05, 3.63) is 69.6 Å². The Morgan fingerprint density at radius 1 is 1.32 bits per heavy atom. The van der Waals surface area contributed by atoms with Crippen molar-refractivity contribution in [3.8, 4) is 0 Å². The number of rotatable bonds is 3. The number of nitrogens with zero attached hydrogens (tertiary/aromatic N) is 1. The number of hydrogen-bond acceptors (Lipinski definition) is 2. The Bertz CT molecular complexity index is 591. The topological polar surface area (TPSA) is 12.4 Å². The van der Waals surface area contributed by atoms with Crippen LogP contribution in [0.25, 0.3) is 0 Å². The summed E-state index contributed by atoms with van der Waals surface area (Å²) in [7, 11) is 0. The summed E-state index contributed by atoms with van der Waals surface area (Å²) < 4.78 is 0. The number of allylic oxidation sites excluding steroid dienone is 6. The molecule has 0 unspecified atom stereocenters. The first-order valence-electron chi connectivity index (χ1n) is 6.39. The zero-order valence-corrected chi connectivity index (χ0v) is 12.6. The highest BCUT2D eigenvalue weighted by atomic mass is 32.1. The van der Waals surface area contributed by atoms with E-state index in [-0.39, 0.29) is 0 Å². The van der Waals surface area contributed by atoms with Crippen LogP contribution in [0.3, 0.4) is 0 Å². The van der Waals surface area contributed by atoms with Crippen LogP contribution in [0.4, 0.5) is 0 Å². The lowest BCUT2D eigenvalue weighted by molar-refractivity contribution is 1.31. The van der Waals surface area contributed by atoms with Crippen molar-refractivity contribution in [2.75, 3.05) is 0 Å². The average Bonchev–Trinajstić information content (AvgIpc) is 2.97. The molecule has 2 heteroatoms. The zero-order valence-electron chi connectivity index (χ0n) is 11.7. The molecule has 0 spiro atoms. The van der Waals surface area contributed by atoms with Gasteiger partial charge in [-0.15, -0.1) is 11.3 Å². The van der Waals surface area contributed by atoms with E-state index in [0.717, 1.165) is 23.4 Å². The largest absolute Gasteiger partial charge is 0.251 e. The number of aliphatic imine (C=N–C) groups is 1. The highest BCUT2D eigenvalue weighted by Crippen LogP contribution is 2.28. The Balaban J connectivity index is 2.23. The predicted octanol–water partition coefficient (Wildman–Crippen LogP) is 5.29. The molecular weight excluding hydrogens is 250 g/mol. The fourth-order valence-electron chi connectivity index (χ4n) is 1.84. The van der Waals surface area contributed by atoms with Gasteiger partial charge >= 0.3 is 0 Å². The van der Waals surface area contributed by atoms with Crippen molar-refractivity contribution in [3.63, 3.8) is 0 Å². The first kappa shape index (κ1) is 13.8. The van der Waals surface area contributed by atoms with Gasteiger partial charge in [0.15, 0.2) is 0 Å². The lowest BCUT2D eigenvalue weighted by Gasteiger charge is -1.96. The Morgan fingerprint density at radius 2 is 2.11 bits per heavy atom. The highest BCUT2D eigenvalue weighted by Gasteiger charge is 2.17. The minimum Gasteiger partial charge on any atom is -0.251 e. The van der Waals surface area contributed by atoms with Crippen molar-refractivity contribution in [2.45, 2.75) is 27.2 Å². The third-order valence-electron chi connectivity index (χ3n) is 2.85. The summed E-state index contributed by atoms with van der Waals surface area (Å²) in [4.78, 5) is 5.95. The van der Waals surface area contributed by atoms with E-state index in [0.29, 0.717) is 0 Å². The molecule has 0 saturated carbocycles. The molecule has 0 radical (unpaired) electrons. The molecule has 0 bridgehead atoms. The molecule has 0 saturated heterocycles. The molecule has 98 valence electrons. The van der Waals surface area contributed by atoms with Crippen LogP contribution in [-0.2, 0) is 0 Å².